The van der Waals surface area contributed by atoms with Gasteiger partial charge in [0.05, 0.1) is 0 Å². The molecule has 0 aliphatic heterocycles. The maximum absolute atomic E-state index is 12.4. The molecule has 0 fully saturated rings. The number of carbonyl (C=O) groups excluding carboxylic acids is 1. The first-order valence-corrected chi connectivity index (χ1v) is 8.86. The van der Waals surface area contributed by atoms with Gasteiger partial charge in [-0.3, -0.25) is 9.59 Å². The second kappa shape index (κ2) is 7.70. The average molecular weight is 353 g/mol. The number of benzene rings is 2. The number of carboxylic acids is 1. The lowest BCUT2D eigenvalue weighted by molar-refractivity contribution is -0.159. The van der Waals surface area contributed by atoms with E-state index in [0.717, 1.165) is 22.3 Å². The monoisotopic (exact) mass is 353 g/mol. The summed E-state index contributed by atoms with van der Waals surface area (Å²) in [4.78, 5) is 23.8. The fraction of sp³-hybridized carbons (Fsp3) is 0.333. The average Bonchev–Trinajstić information content (AvgIpc) is 2.97. The maximum atomic E-state index is 12.4. The molecule has 0 heterocycles. The van der Waals surface area contributed by atoms with Crippen LogP contribution in [0.15, 0.2) is 48.5 Å². The second-order valence-corrected chi connectivity index (χ2v) is 6.65. The third kappa shape index (κ3) is 3.48. The Hall–Kier alpha value is -2.66. The standard InChI is InChI=1S/C21H23NO4/c1-2-13(22)11-18(20(23)24)21(25)26-12-19-16-9-5-3-7-14(16)15-8-4-6-10-17(15)19/h3-10,13,18-19H,2,11-12,22H2,1H3,(H,23,24). The number of hydrogen-bond donors (Lipinski definition) is 2. The molecule has 2 aromatic rings. The Labute approximate surface area is 152 Å². The quantitative estimate of drug-likeness (QED) is 0.589. The third-order valence-corrected chi connectivity index (χ3v) is 5.00. The minimum Gasteiger partial charge on any atom is -0.481 e. The van der Waals surface area contributed by atoms with Gasteiger partial charge in [-0.2, -0.15) is 0 Å². The minimum absolute atomic E-state index is 0.0827. The van der Waals surface area contributed by atoms with Crippen LogP contribution >= 0.6 is 0 Å². The van der Waals surface area contributed by atoms with E-state index in [0.29, 0.717) is 6.42 Å². The first kappa shape index (κ1) is 18.1. The van der Waals surface area contributed by atoms with Gasteiger partial charge in [0.15, 0.2) is 5.92 Å². The molecule has 2 aromatic carbocycles. The fourth-order valence-corrected chi connectivity index (χ4v) is 3.47. The number of fused-ring (bicyclic) bond motifs is 3. The van der Waals surface area contributed by atoms with Crippen LogP contribution in [-0.2, 0) is 14.3 Å². The molecule has 0 aromatic heterocycles. The Kier molecular flexibility index (Phi) is 5.38. The van der Waals surface area contributed by atoms with Gasteiger partial charge in [-0.15, -0.1) is 0 Å². The first-order chi connectivity index (χ1) is 12.5. The lowest BCUT2D eigenvalue weighted by Gasteiger charge is -2.18. The van der Waals surface area contributed by atoms with E-state index in [-0.39, 0.29) is 25.0 Å². The Morgan fingerprint density at radius 2 is 1.62 bits per heavy atom. The van der Waals surface area contributed by atoms with Crippen molar-refractivity contribution in [1.29, 1.82) is 0 Å². The molecule has 136 valence electrons. The fourth-order valence-electron chi connectivity index (χ4n) is 3.47. The lowest BCUT2D eigenvalue weighted by atomic mass is 9.97. The van der Waals surface area contributed by atoms with Crippen LogP contribution in [0, 0.1) is 5.92 Å². The number of rotatable bonds is 7. The van der Waals surface area contributed by atoms with E-state index < -0.39 is 17.9 Å². The Morgan fingerprint density at radius 1 is 1.08 bits per heavy atom. The Balaban J connectivity index is 1.77. The summed E-state index contributed by atoms with van der Waals surface area (Å²) >= 11 is 0. The molecule has 0 saturated carbocycles. The molecule has 0 saturated heterocycles. The number of esters is 1. The van der Waals surface area contributed by atoms with Crippen LogP contribution in [0.2, 0.25) is 0 Å². The van der Waals surface area contributed by atoms with Gasteiger partial charge in [0.1, 0.15) is 6.61 Å². The SMILES string of the molecule is CCC(N)CC(C(=O)O)C(=O)OCC1c2ccccc2-c2ccccc21. The minimum atomic E-state index is -1.23. The number of nitrogens with two attached hydrogens (primary N) is 1. The van der Waals surface area contributed by atoms with Gasteiger partial charge in [0, 0.05) is 12.0 Å². The van der Waals surface area contributed by atoms with E-state index in [9.17, 15) is 14.7 Å². The molecule has 0 radical (unpaired) electrons. The van der Waals surface area contributed by atoms with Crippen molar-refractivity contribution in [1.82, 2.24) is 0 Å². The lowest BCUT2D eigenvalue weighted by Crippen LogP contribution is -2.33. The molecule has 2 atom stereocenters. The molecule has 0 spiro atoms. The molecule has 5 nitrogen and oxygen atoms in total. The van der Waals surface area contributed by atoms with Crippen molar-refractivity contribution in [2.75, 3.05) is 6.61 Å². The van der Waals surface area contributed by atoms with E-state index in [4.69, 9.17) is 10.5 Å². The van der Waals surface area contributed by atoms with Gasteiger partial charge >= 0.3 is 11.9 Å². The Morgan fingerprint density at radius 3 is 2.12 bits per heavy atom. The van der Waals surface area contributed by atoms with Crippen LogP contribution in [0.4, 0.5) is 0 Å². The molecule has 1 aliphatic rings. The largest absolute Gasteiger partial charge is 0.481 e. The zero-order valence-corrected chi connectivity index (χ0v) is 14.7. The molecular formula is C21H23NO4. The first-order valence-electron chi connectivity index (χ1n) is 8.86. The van der Waals surface area contributed by atoms with Crippen molar-refractivity contribution < 1.29 is 19.4 Å². The third-order valence-electron chi connectivity index (χ3n) is 5.00. The zero-order valence-electron chi connectivity index (χ0n) is 14.7. The zero-order chi connectivity index (χ0) is 18.7. The molecule has 2 unspecified atom stereocenters. The molecule has 3 rings (SSSR count). The highest BCUT2D eigenvalue weighted by atomic mass is 16.5. The predicted molar refractivity (Wildman–Crippen MR) is 98.7 cm³/mol. The van der Waals surface area contributed by atoms with Gasteiger partial charge in [0.25, 0.3) is 0 Å². The van der Waals surface area contributed by atoms with Crippen LogP contribution < -0.4 is 5.73 Å². The number of ether oxygens (including phenoxy) is 1. The summed E-state index contributed by atoms with van der Waals surface area (Å²) < 4.78 is 5.43. The van der Waals surface area contributed by atoms with E-state index >= 15 is 0 Å². The summed E-state index contributed by atoms with van der Waals surface area (Å²) in [6, 6.07) is 15.7. The summed E-state index contributed by atoms with van der Waals surface area (Å²) in [5.74, 6) is -3.22. The van der Waals surface area contributed by atoms with Crippen LogP contribution in [-0.4, -0.2) is 29.7 Å². The number of aliphatic carboxylic acids is 1. The van der Waals surface area contributed by atoms with Crippen LogP contribution in [0.1, 0.15) is 36.8 Å². The number of carboxylic acid groups (broad SMARTS) is 1. The number of carbonyl (C=O) groups is 2. The van der Waals surface area contributed by atoms with Crippen molar-refractivity contribution in [3.8, 4) is 11.1 Å². The van der Waals surface area contributed by atoms with Crippen molar-refractivity contribution in [2.45, 2.75) is 31.7 Å². The van der Waals surface area contributed by atoms with Gasteiger partial charge in [-0.1, -0.05) is 55.5 Å². The van der Waals surface area contributed by atoms with Gasteiger partial charge < -0.3 is 15.6 Å². The van der Waals surface area contributed by atoms with Crippen LogP contribution in [0.3, 0.4) is 0 Å². The molecule has 26 heavy (non-hydrogen) atoms. The van der Waals surface area contributed by atoms with Crippen molar-refractivity contribution in [3.05, 3.63) is 59.7 Å². The topological polar surface area (TPSA) is 89.6 Å². The summed E-state index contributed by atoms with van der Waals surface area (Å²) in [6.07, 6.45) is 0.697. The highest BCUT2D eigenvalue weighted by molar-refractivity contribution is 5.94. The van der Waals surface area contributed by atoms with E-state index in [1.165, 1.54) is 0 Å². The predicted octanol–water partition coefficient (Wildman–Crippen LogP) is 3.17. The van der Waals surface area contributed by atoms with E-state index in [2.05, 4.69) is 12.1 Å². The maximum Gasteiger partial charge on any atom is 0.320 e. The molecule has 5 heteroatoms. The molecule has 3 N–H and O–H groups in total. The van der Waals surface area contributed by atoms with Crippen molar-refractivity contribution >= 4 is 11.9 Å². The summed E-state index contributed by atoms with van der Waals surface area (Å²) in [5, 5.41) is 9.34. The highest BCUT2D eigenvalue weighted by Gasteiger charge is 2.33. The second-order valence-electron chi connectivity index (χ2n) is 6.65. The molecular weight excluding hydrogens is 330 g/mol. The normalized spacial score (nSPS) is 15.0. The molecule has 0 bridgehead atoms. The smallest absolute Gasteiger partial charge is 0.320 e. The Bertz CT molecular complexity index is 772. The summed E-state index contributed by atoms with van der Waals surface area (Å²) in [7, 11) is 0. The van der Waals surface area contributed by atoms with E-state index in [1.807, 2.05) is 43.3 Å². The van der Waals surface area contributed by atoms with Gasteiger partial charge in [0.2, 0.25) is 0 Å². The van der Waals surface area contributed by atoms with Crippen LogP contribution in [0.25, 0.3) is 11.1 Å². The van der Waals surface area contributed by atoms with Crippen molar-refractivity contribution in [3.63, 3.8) is 0 Å². The summed E-state index contributed by atoms with van der Waals surface area (Å²) in [6.45, 7) is 1.99. The van der Waals surface area contributed by atoms with Gasteiger partial charge in [-0.25, -0.2) is 0 Å². The van der Waals surface area contributed by atoms with Gasteiger partial charge in [-0.05, 0) is 35.1 Å². The van der Waals surface area contributed by atoms with Crippen LogP contribution in [0.5, 0.6) is 0 Å². The summed E-state index contributed by atoms with van der Waals surface area (Å²) in [5.41, 5.74) is 10.3. The molecule has 1 aliphatic carbocycles. The van der Waals surface area contributed by atoms with Crippen molar-refractivity contribution in [2.24, 2.45) is 11.7 Å². The number of hydrogen-bond acceptors (Lipinski definition) is 4. The highest BCUT2D eigenvalue weighted by Crippen LogP contribution is 2.44. The van der Waals surface area contributed by atoms with E-state index in [1.54, 1.807) is 0 Å². The molecule has 0 amide bonds.